The minimum atomic E-state index is -0.970. The van der Waals surface area contributed by atoms with E-state index in [9.17, 15) is 58.2 Å². The summed E-state index contributed by atoms with van der Waals surface area (Å²) in [6, 6.07) is 45.7. The first kappa shape index (κ1) is 113. The van der Waals surface area contributed by atoms with Crippen molar-refractivity contribution in [1.82, 2.24) is 48.3 Å². The Balaban J connectivity index is 0.000000243. The highest BCUT2D eigenvalue weighted by Crippen LogP contribution is 2.21. The summed E-state index contributed by atoms with van der Waals surface area (Å²) in [5.41, 5.74) is 9.84. The molecular formula is C110H107N9O24. The van der Waals surface area contributed by atoms with Crippen molar-refractivity contribution in [3.05, 3.63) is 295 Å². The van der Waals surface area contributed by atoms with Crippen LogP contribution in [0.15, 0.2) is 204 Å². The first-order valence-electron chi connectivity index (χ1n) is 44.7. The van der Waals surface area contributed by atoms with Gasteiger partial charge in [0.05, 0.1) is 18.8 Å². The first-order chi connectivity index (χ1) is 68.7. The third-order valence-corrected chi connectivity index (χ3v) is 20.1. The average Bonchev–Trinajstić information content (AvgIpc) is 1.35. The minimum absolute atomic E-state index is 0.183. The fourth-order valence-electron chi connectivity index (χ4n) is 12.0. The first-order valence-corrected chi connectivity index (χ1v) is 44.7. The predicted octanol–water partition coefficient (Wildman–Crippen LogP) is 8.33. The maximum atomic E-state index is 12.3. The number of carbonyl (C=O) groups excluding carboxylic acids is 10. The molecule has 736 valence electrons. The molecule has 143 heavy (non-hydrogen) atoms. The van der Waals surface area contributed by atoms with Gasteiger partial charge in [-0.05, 0) is 315 Å². The Morgan fingerprint density at radius 1 is 0.287 bits per heavy atom. The fraction of sp³-hybridized carbons (Fsp3) is 0.273. The molecule has 2 unspecified atom stereocenters. The third-order valence-electron chi connectivity index (χ3n) is 20.1. The lowest BCUT2D eigenvalue weighted by Crippen LogP contribution is -2.48. The van der Waals surface area contributed by atoms with Crippen molar-refractivity contribution >= 4 is 58.8 Å². The SMILES string of the molecule is CC(C)[C@@H](NC(=O)c1ccc(C#CC#Cc2ccc(CO)o2)cc1)C(=O)NO.CC(C)[C@@H](NC(=O)c1ccc(C#CC#Cc2ccc(CO)o2)cc1)C(=O)NO.CC(C)[C@H](NC(=O)c1ccc(C#CC#Cc2ccc(CO)o2)cc1)C(=O)NO.CCC(=O)C(NC(=O)c1ccc(C#CC#Cc2ccc(CO)o2)cc1)C(C)O.CCC(=O)[C@@H](NC(=O)c1ccc(C#CC#Cc2ccc(CNC3CC3)o2)cc1)[C@H](C)O. The summed E-state index contributed by atoms with van der Waals surface area (Å²) in [6.45, 7) is 16.8. The molecule has 0 spiro atoms. The lowest BCUT2D eigenvalue weighted by Gasteiger charge is -2.20. The van der Waals surface area contributed by atoms with E-state index < -0.39 is 89.7 Å². The molecule has 10 aromatic rings. The number of benzene rings is 5. The van der Waals surface area contributed by atoms with Crippen molar-refractivity contribution in [3.8, 4) is 118 Å². The molecule has 1 aliphatic rings. The maximum Gasteiger partial charge on any atom is 0.266 e. The predicted molar refractivity (Wildman–Crippen MR) is 523 cm³/mol. The fourth-order valence-corrected chi connectivity index (χ4v) is 12.0. The quantitative estimate of drug-likeness (QED) is 0.0119. The summed E-state index contributed by atoms with van der Waals surface area (Å²) in [5, 5.41) is 97.7. The molecule has 1 aliphatic carbocycles. The van der Waals surface area contributed by atoms with Crippen LogP contribution in [0.2, 0.25) is 0 Å². The average molecular weight is 1940 g/mol. The molecule has 5 aromatic carbocycles. The second kappa shape index (κ2) is 59.8. The van der Waals surface area contributed by atoms with Crippen molar-refractivity contribution in [2.24, 2.45) is 17.8 Å². The Morgan fingerprint density at radius 2 is 0.483 bits per heavy atom. The van der Waals surface area contributed by atoms with E-state index in [1.165, 1.54) is 26.7 Å². The summed E-state index contributed by atoms with van der Waals surface area (Å²) in [5.74, 6) is 54.6. The molecule has 0 saturated heterocycles. The molecule has 7 atom stereocenters. The van der Waals surface area contributed by atoms with Crippen molar-refractivity contribution in [1.29, 1.82) is 0 Å². The number of amides is 8. The van der Waals surface area contributed by atoms with E-state index in [1.54, 1.807) is 242 Å². The number of nitrogens with one attached hydrogen (secondary N) is 9. The summed E-state index contributed by atoms with van der Waals surface area (Å²) in [4.78, 5) is 120. The summed E-state index contributed by atoms with van der Waals surface area (Å²) in [6.07, 6.45) is 1.00. The van der Waals surface area contributed by atoms with Crippen LogP contribution in [0, 0.1) is 136 Å². The van der Waals surface area contributed by atoms with E-state index >= 15 is 0 Å². The van der Waals surface area contributed by atoms with E-state index in [-0.39, 0.29) is 68.6 Å². The van der Waals surface area contributed by atoms with Gasteiger partial charge in [-0.1, -0.05) is 85.0 Å². The molecule has 11 rings (SSSR count). The lowest BCUT2D eigenvalue weighted by atomic mass is 10.0. The standard InChI is InChI=1S/C25H26N2O4.C22H21NO5.3C21H20N2O5/c1-3-23(29)24(17(2)28)27-25(30)19-10-8-18(9-11-19)6-4-5-7-21-14-15-22(31-21)16-26-20-12-13-20;1-3-20(26)21(15(2)25)23-22(27)17-10-8-16(9-11-17)6-4-5-7-18-12-13-19(14-24)28-18;3*1-14(2)19(21(26)23-27)22-20(25)16-9-7-15(8-10-16)5-3-4-6-17-11-12-18(13-24)28-17/h8-11,14-15,17,20,24,26,28H,3,12-13,16H2,1-2H3,(H,27,30);8-13,15,21,24-25H,3,14H2,1-2H3,(H,23,27);3*7-12,14,19,24,27H,13H2,1-2H3,(H,22,25)(H,23,26)/t17-,24-;;3*19-/m0.110/s1. The molecule has 5 aromatic heterocycles. The van der Waals surface area contributed by atoms with Crippen LogP contribution in [-0.4, -0.2) is 154 Å². The molecule has 5 heterocycles. The maximum absolute atomic E-state index is 12.3. The molecule has 0 aliphatic heterocycles. The van der Waals surface area contributed by atoms with E-state index in [2.05, 4.69) is 150 Å². The minimum Gasteiger partial charge on any atom is -0.451 e. The molecule has 0 radical (unpaired) electrons. The Morgan fingerprint density at radius 3 is 0.657 bits per heavy atom. The number of furan rings is 5. The van der Waals surface area contributed by atoms with Crippen LogP contribution in [0.25, 0.3) is 0 Å². The molecular weight excluding hydrogens is 1830 g/mol. The van der Waals surface area contributed by atoms with Gasteiger partial charge in [-0.25, -0.2) is 16.4 Å². The van der Waals surface area contributed by atoms with E-state index in [1.807, 2.05) is 12.1 Å². The smallest absolute Gasteiger partial charge is 0.266 e. The number of Topliss-reactive ketones (excluding diaryl/α,β-unsaturated/α-hetero) is 2. The van der Waals surface area contributed by atoms with Gasteiger partial charge in [0, 0.05) is 74.5 Å². The molecule has 1 fully saturated rings. The van der Waals surface area contributed by atoms with Crippen LogP contribution < -0.4 is 48.3 Å². The number of carbonyl (C=O) groups is 10. The van der Waals surface area contributed by atoms with Crippen LogP contribution in [0.1, 0.15) is 232 Å². The summed E-state index contributed by atoms with van der Waals surface area (Å²) in [7, 11) is 0. The van der Waals surface area contributed by atoms with Crippen LogP contribution in [0.3, 0.4) is 0 Å². The van der Waals surface area contributed by atoms with Gasteiger partial charge >= 0.3 is 0 Å². The van der Waals surface area contributed by atoms with Gasteiger partial charge in [0.1, 0.15) is 85.4 Å². The van der Waals surface area contributed by atoms with E-state index in [4.69, 9.17) is 58.1 Å². The van der Waals surface area contributed by atoms with Gasteiger partial charge in [0.15, 0.2) is 40.4 Å². The topological polar surface area (TPSA) is 527 Å². The highest BCUT2D eigenvalue weighted by Gasteiger charge is 2.30. The van der Waals surface area contributed by atoms with E-state index in [0.717, 1.165) is 5.76 Å². The van der Waals surface area contributed by atoms with Gasteiger partial charge in [-0.3, -0.25) is 63.6 Å². The zero-order valence-corrected chi connectivity index (χ0v) is 79.7. The Kier molecular flexibility index (Phi) is 47.2. The van der Waals surface area contributed by atoms with Gasteiger partial charge in [-0.2, -0.15) is 0 Å². The highest BCUT2D eigenvalue weighted by molar-refractivity contribution is 6.01. The molecule has 1 saturated carbocycles. The monoisotopic (exact) mass is 1940 g/mol. The third kappa shape index (κ3) is 39.3. The molecule has 33 nitrogen and oxygen atoms in total. The normalized spacial score (nSPS) is 11.9. The summed E-state index contributed by atoms with van der Waals surface area (Å²) < 4.78 is 26.5. The lowest BCUT2D eigenvalue weighted by molar-refractivity contribution is -0.132. The molecule has 0 bridgehead atoms. The molecule has 33 heteroatoms. The van der Waals surface area contributed by atoms with Crippen LogP contribution >= 0.6 is 0 Å². The van der Waals surface area contributed by atoms with Gasteiger partial charge in [0.2, 0.25) is 0 Å². The Labute approximate surface area is 826 Å². The van der Waals surface area contributed by atoms with Crippen LogP contribution in [-0.2, 0) is 56.9 Å². The zero-order chi connectivity index (χ0) is 104. The number of hydrogen-bond acceptors (Lipinski definition) is 25. The Hall–Kier alpha value is -17.2. The highest BCUT2D eigenvalue weighted by atomic mass is 16.5. The number of hydrogen-bond donors (Lipinski definition) is 18. The van der Waals surface area contributed by atoms with Gasteiger partial charge < -0.3 is 84.6 Å². The molecule has 8 amide bonds. The van der Waals surface area contributed by atoms with Gasteiger partial charge in [0.25, 0.3) is 47.3 Å². The number of ketones is 2. The van der Waals surface area contributed by atoms with Crippen molar-refractivity contribution < 1.29 is 116 Å². The second-order valence-corrected chi connectivity index (χ2v) is 32.0. The van der Waals surface area contributed by atoms with Gasteiger partial charge in [-0.15, -0.1) is 0 Å². The number of aliphatic hydroxyl groups excluding tert-OH is 6. The largest absolute Gasteiger partial charge is 0.451 e. The zero-order valence-electron chi connectivity index (χ0n) is 79.7. The summed E-state index contributed by atoms with van der Waals surface area (Å²) >= 11 is 0. The Bertz CT molecular complexity index is 6090. The van der Waals surface area contributed by atoms with Crippen molar-refractivity contribution in [2.45, 2.75) is 176 Å². The number of aliphatic hydroxyl groups is 6. The van der Waals surface area contributed by atoms with E-state index in [0.29, 0.717) is 120 Å². The van der Waals surface area contributed by atoms with Crippen molar-refractivity contribution in [3.63, 3.8) is 0 Å². The second-order valence-electron chi connectivity index (χ2n) is 32.0. The molecule has 18 N–H and O–H groups in total. The van der Waals surface area contributed by atoms with Crippen LogP contribution in [0.5, 0.6) is 0 Å². The van der Waals surface area contributed by atoms with Crippen LogP contribution in [0.4, 0.5) is 0 Å². The number of rotatable bonds is 29. The number of hydroxylamine groups is 3. The van der Waals surface area contributed by atoms with Crippen molar-refractivity contribution in [2.75, 3.05) is 0 Å².